The van der Waals surface area contributed by atoms with E-state index in [1.165, 1.54) is 12.3 Å². The van der Waals surface area contributed by atoms with Gasteiger partial charge in [0.2, 0.25) is 17.8 Å². The average Bonchev–Trinajstić information content (AvgIpc) is 3.51. The van der Waals surface area contributed by atoms with Gasteiger partial charge in [0.15, 0.2) is 15.7 Å². The van der Waals surface area contributed by atoms with Gasteiger partial charge in [-0.25, -0.2) is 17.8 Å². The van der Waals surface area contributed by atoms with Crippen molar-refractivity contribution in [3.05, 3.63) is 87.8 Å². The largest absolute Gasteiger partial charge is 0.489 e. The summed E-state index contributed by atoms with van der Waals surface area (Å²) in [6.07, 6.45) is 3.25. The Morgan fingerprint density at radius 3 is 2.32 bits per heavy atom. The van der Waals surface area contributed by atoms with E-state index >= 15 is 4.39 Å². The monoisotopic (exact) mass is 929 g/mol. The minimum atomic E-state index is -3.60. The van der Waals surface area contributed by atoms with Crippen LogP contribution < -0.4 is 25.6 Å². The van der Waals surface area contributed by atoms with Crippen LogP contribution in [-0.2, 0) is 26.0 Å². The van der Waals surface area contributed by atoms with Gasteiger partial charge in [0.05, 0.1) is 44.9 Å². The second kappa shape index (κ2) is 18.7. The van der Waals surface area contributed by atoms with Crippen LogP contribution in [0.1, 0.15) is 85.2 Å². The molecule has 4 aliphatic heterocycles. The Labute approximate surface area is 382 Å². The van der Waals surface area contributed by atoms with Crippen LogP contribution in [-0.4, -0.2) is 119 Å². The van der Waals surface area contributed by atoms with Crippen LogP contribution >= 0.6 is 11.6 Å². The number of piperazine rings is 1. The van der Waals surface area contributed by atoms with Gasteiger partial charge in [-0.15, -0.1) is 0 Å². The lowest BCUT2D eigenvalue weighted by molar-refractivity contribution is -0.136. The van der Waals surface area contributed by atoms with Gasteiger partial charge >= 0.3 is 0 Å². The van der Waals surface area contributed by atoms with Crippen molar-refractivity contribution >= 4 is 73.9 Å². The lowest BCUT2D eigenvalue weighted by Crippen LogP contribution is -2.54. The van der Waals surface area contributed by atoms with Crippen LogP contribution in [0.15, 0.2) is 59.6 Å². The van der Waals surface area contributed by atoms with Gasteiger partial charge in [-0.2, -0.15) is 4.98 Å². The number of hydrogen-bond acceptors (Lipinski definition) is 14. The van der Waals surface area contributed by atoms with Gasteiger partial charge in [0.1, 0.15) is 22.6 Å². The third-order valence-corrected chi connectivity index (χ3v) is 14.9. The molecule has 1 unspecified atom stereocenters. The summed E-state index contributed by atoms with van der Waals surface area (Å²) in [5, 5.41) is 8.17. The molecule has 3 aromatic carbocycles. The molecule has 0 bridgehead atoms. The molecule has 3 N–H and O–H groups in total. The summed E-state index contributed by atoms with van der Waals surface area (Å²) < 4.78 is 48.0. The number of sulfone groups is 1. The zero-order chi connectivity index (χ0) is 46.3. The van der Waals surface area contributed by atoms with E-state index < -0.39 is 50.6 Å². The predicted molar refractivity (Wildman–Crippen MR) is 244 cm³/mol. The van der Waals surface area contributed by atoms with E-state index in [0.29, 0.717) is 35.3 Å². The first-order chi connectivity index (χ1) is 31.0. The fourth-order valence-corrected chi connectivity index (χ4v) is 10.4. The standard InChI is InChI=1S/C46H53ClFN9O7S/c1-26(2)64-38-23-37(28(5)20-35(38)51-46-49-24-32(47)42(53-46)50-34-8-6-7-9-39(34)65(62,63)27(3)4)56-14-12-30(13-15-56)55-18-16-54(17-19-55)25-29-21-31-41(33(48)22-29)45(61)57(44(31)60)36-10-11-40(58)52-43(36)59/h6-9,20-24,26-27,30,36H,10-19,25H2,1-5H3,(H,52,58,59)(H2,49,50,51,53). The van der Waals surface area contributed by atoms with Gasteiger partial charge in [0, 0.05) is 70.0 Å². The second-order valence-electron chi connectivity index (χ2n) is 17.5. The van der Waals surface area contributed by atoms with Gasteiger partial charge < -0.3 is 20.3 Å². The minimum absolute atomic E-state index is 0.00510. The molecule has 0 radical (unpaired) electrons. The van der Waals surface area contributed by atoms with Crippen LogP contribution in [0.25, 0.3) is 0 Å². The molecule has 8 rings (SSSR count). The molecule has 1 aromatic heterocycles. The highest BCUT2D eigenvalue weighted by Gasteiger charge is 2.46. The number of rotatable bonds is 13. The van der Waals surface area contributed by atoms with Crippen LogP contribution in [0.5, 0.6) is 5.75 Å². The molecule has 5 heterocycles. The number of benzene rings is 3. The Balaban J connectivity index is 0.883. The molecule has 0 aliphatic carbocycles. The number of carbonyl (C=O) groups excluding carboxylic acids is 4. The van der Waals surface area contributed by atoms with Crippen molar-refractivity contribution in [2.24, 2.45) is 0 Å². The Bertz CT molecular complexity index is 2650. The summed E-state index contributed by atoms with van der Waals surface area (Å²) in [6.45, 7) is 14.5. The SMILES string of the molecule is Cc1cc(Nc2ncc(Cl)c(Nc3ccccc3S(=O)(=O)C(C)C)n2)c(OC(C)C)cc1N1CCC(N2CCN(Cc3cc(F)c4c(c3)C(=O)N(C3CCC(=O)NC3=O)C4=O)CC2)CC1. The number of halogens is 2. The molecule has 19 heteroatoms. The third kappa shape index (κ3) is 9.53. The quantitative estimate of drug-likeness (QED) is 0.128. The zero-order valence-electron chi connectivity index (χ0n) is 37.0. The molecule has 3 saturated heterocycles. The Kier molecular flexibility index (Phi) is 13.2. The Morgan fingerprint density at radius 2 is 1.63 bits per heavy atom. The van der Waals surface area contributed by atoms with E-state index in [-0.39, 0.29) is 51.8 Å². The van der Waals surface area contributed by atoms with Gasteiger partial charge in [-0.1, -0.05) is 23.7 Å². The Morgan fingerprint density at radius 1 is 0.908 bits per heavy atom. The smallest absolute Gasteiger partial charge is 0.265 e. The third-order valence-electron chi connectivity index (χ3n) is 12.4. The highest BCUT2D eigenvalue weighted by molar-refractivity contribution is 7.92. The van der Waals surface area contributed by atoms with E-state index in [2.05, 4.69) is 53.6 Å². The first-order valence-electron chi connectivity index (χ1n) is 21.9. The number of ether oxygens (including phenoxy) is 1. The number of fused-ring (bicyclic) bond motifs is 1. The van der Waals surface area contributed by atoms with Gasteiger partial charge in [0.25, 0.3) is 11.8 Å². The van der Waals surface area contributed by atoms with Gasteiger partial charge in [-0.3, -0.25) is 39.2 Å². The van der Waals surface area contributed by atoms with Crippen molar-refractivity contribution in [1.82, 2.24) is 30.0 Å². The number of nitrogens with zero attached hydrogens (tertiary/aromatic N) is 6. The lowest BCUT2D eigenvalue weighted by atomic mass is 10.00. The van der Waals surface area contributed by atoms with Crippen molar-refractivity contribution < 1.29 is 36.7 Å². The van der Waals surface area contributed by atoms with Crippen LogP contribution in [0, 0.1) is 12.7 Å². The van der Waals surface area contributed by atoms with Crippen molar-refractivity contribution in [1.29, 1.82) is 0 Å². The van der Waals surface area contributed by atoms with Crippen molar-refractivity contribution in [2.75, 3.05) is 54.8 Å². The molecule has 0 spiro atoms. The summed E-state index contributed by atoms with van der Waals surface area (Å²) in [7, 11) is -3.60. The fraction of sp³-hybridized carbons (Fsp3) is 0.435. The molecular formula is C46H53ClFN9O7S. The minimum Gasteiger partial charge on any atom is -0.489 e. The summed E-state index contributed by atoms with van der Waals surface area (Å²) >= 11 is 6.52. The maximum absolute atomic E-state index is 15.4. The van der Waals surface area contributed by atoms with Gasteiger partial charge in [-0.05, 0) is 95.3 Å². The van der Waals surface area contributed by atoms with E-state index in [4.69, 9.17) is 16.3 Å². The maximum Gasteiger partial charge on any atom is 0.265 e. The number of hydrogen-bond donors (Lipinski definition) is 3. The van der Waals surface area contributed by atoms with Crippen molar-refractivity contribution in [2.45, 2.75) is 95.2 Å². The molecule has 0 saturated carbocycles. The normalized spacial score (nSPS) is 19.0. The topological polar surface area (TPSA) is 186 Å². The van der Waals surface area contributed by atoms with E-state index in [0.717, 1.165) is 68.3 Å². The number of aryl methyl sites for hydroxylation is 1. The number of piperidine rings is 2. The molecule has 4 aliphatic rings. The zero-order valence-corrected chi connectivity index (χ0v) is 38.6. The van der Waals surface area contributed by atoms with E-state index in [9.17, 15) is 27.6 Å². The van der Waals surface area contributed by atoms with Crippen molar-refractivity contribution in [3.63, 3.8) is 0 Å². The molecule has 1 atom stereocenters. The lowest BCUT2D eigenvalue weighted by Gasteiger charge is -2.43. The first-order valence-corrected chi connectivity index (χ1v) is 23.9. The maximum atomic E-state index is 15.4. The number of nitrogens with one attached hydrogen (secondary N) is 3. The Hall–Kier alpha value is -5.69. The predicted octanol–water partition coefficient (Wildman–Crippen LogP) is 6.22. The molecular weight excluding hydrogens is 877 g/mol. The number of anilines is 5. The molecule has 344 valence electrons. The number of amides is 4. The van der Waals surface area contributed by atoms with E-state index in [1.807, 2.05) is 19.9 Å². The molecule has 16 nitrogen and oxygen atoms in total. The molecule has 4 amide bonds. The highest BCUT2D eigenvalue weighted by Crippen LogP contribution is 2.38. The van der Waals surface area contributed by atoms with Crippen molar-refractivity contribution in [3.8, 4) is 5.75 Å². The number of carbonyl (C=O) groups is 4. The fourth-order valence-electron chi connectivity index (χ4n) is 9.01. The van der Waals surface area contributed by atoms with Crippen LogP contribution in [0.2, 0.25) is 5.02 Å². The summed E-state index contributed by atoms with van der Waals surface area (Å²) in [6, 6.07) is 12.8. The highest BCUT2D eigenvalue weighted by atomic mass is 35.5. The number of aromatic nitrogens is 2. The summed E-state index contributed by atoms with van der Waals surface area (Å²) in [5.74, 6) is -2.46. The molecule has 3 fully saturated rings. The van der Waals surface area contributed by atoms with E-state index in [1.54, 1.807) is 44.2 Å². The molecule has 4 aromatic rings. The number of imide groups is 2. The second-order valence-corrected chi connectivity index (χ2v) is 20.4. The summed E-state index contributed by atoms with van der Waals surface area (Å²) in [5.41, 5.74) is 3.32. The molecule has 65 heavy (non-hydrogen) atoms. The van der Waals surface area contributed by atoms with Crippen LogP contribution in [0.4, 0.5) is 33.2 Å². The average molecular weight is 931 g/mol. The first kappa shape index (κ1) is 45.9. The number of para-hydroxylation sites is 1. The van der Waals surface area contributed by atoms with Crippen LogP contribution in [0.3, 0.4) is 0 Å². The summed E-state index contributed by atoms with van der Waals surface area (Å²) in [4.78, 5) is 67.7.